The molecule has 0 bridgehead atoms. The Bertz CT molecular complexity index is 486. The van der Waals surface area contributed by atoms with Crippen molar-refractivity contribution < 1.29 is 4.79 Å². The van der Waals surface area contributed by atoms with Crippen molar-refractivity contribution in [1.29, 1.82) is 0 Å². The summed E-state index contributed by atoms with van der Waals surface area (Å²) in [5, 5.41) is 3.74. The molecule has 0 saturated carbocycles. The number of anilines is 1. The minimum absolute atomic E-state index is 0.0930. The first-order chi connectivity index (χ1) is 7.16. The van der Waals surface area contributed by atoms with Crippen LogP contribution in [0.5, 0.6) is 0 Å². The molecule has 0 aliphatic heterocycles. The number of rotatable bonds is 1. The van der Waals surface area contributed by atoms with Gasteiger partial charge in [0.05, 0.1) is 0 Å². The number of carbonyl (C=O) groups excluding carboxylic acids is 1. The van der Waals surface area contributed by atoms with E-state index in [1.165, 1.54) is 6.33 Å². The third kappa shape index (κ3) is 1.85. The fourth-order valence-electron chi connectivity index (χ4n) is 1.20. The summed E-state index contributed by atoms with van der Waals surface area (Å²) in [5.74, 6) is -0.144. The maximum absolute atomic E-state index is 11.8. The third-order valence-electron chi connectivity index (χ3n) is 2.02. The molecule has 0 amide bonds. The van der Waals surface area contributed by atoms with E-state index in [0.29, 0.717) is 5.56 Å². The van der Waals surface area contributed by atoms with Crippen LogP contribution in [0.1, 0.15) is 15.9 Å². The fourth-order valence-corrected chi connectivity index (χ4v) is 1.20. The Hall–Kier alpha value is -2.17. The SMILES string of the molecule is Cc1ccc(C(=O)n2cnc(N)n2)cc1. The van der Waals surface area contributed by atoms with Gasteiger partial charge in [0, 0.05) is 5.56 Å². The van der Waals surface area contributed by atoms with E-state index in [0.717, 1.165) is 10.2 Å². The molecule has 76 valence electrons. The molecule has 0 saturated heterocycles. The van der Waals surface area contributed by atoms with Crippen LogP contribution in [0.4, 0.5) is 5.95 Å². The molecule has 1 aromatic carbocycles. The third-order valence-corrected chi connectivity index (χ3v) is 2.02. The van der Waals surface area contributed by atoms with Gasteiger partial charge in [-0.05, 0) is 19.1 Å². The minimum Gasteiger partial charge on any atom is -0.366 e. The lowest BCUT2D eigenvalue weighted by molar-refractivity contribution is 0.0945. The van der Waals surface area contributed by atoms with Gasteiger partial charge in [-0.3, -0.25) is 4.79 Å². The molecular weight excluding hydrogens is 192 g/mol. The van der Waals surface area contributed by atoms with Crippen LogP contribution in [0.15, 0.2) is 30.6 Å². The maximum Gasteiger partial charge on any atom is 0.279 e. The first-order valence-electron chi connectivity index (χ1n) is 4.45. The van der Waals surface area contributed by atoms with Crippen LogP contribution in [-0.2, 0) is 0 Å². The first-order valence-corrected chi connectivity index (χ1v) is 4.45. The lowest BCUT2D eigenvalue weighted by Crippen LogP contribution is -2.12. The smallest absolute Gasteiger partial charge is 0.279 e. The van der Waals surface area contributed by atoms with E-state index in [1.807, 2.05) is 19.1 Å². The summed E-state index contributed by atoms with van der Waals surface area (Å²) in [7, 11) is 0. The Morgan fingerprint density at radius 3 is 2.53 bits per heavy atom. The average molecular weight is 202 g/mol. The van der Waals surface area contributed by atoms with Crippen LogP contribution >= 0.6 is 0 Å². The first kappa shape index (κ1) is 9.39. The Morgan fingerprint density at radius 2 is 2.00 bits per heavy atom. The summed E-state index contributed by atoms with van der Waals surface area (Å²) in [6.07, 6.45) is 1.30. The van der Waals surface area contributed by atoms with Gasteiger partial charge in [0.15, 0.2) is 0 Å². The van der Waals surface area contributed by atoms with Gasteiger partial charge in [-0.15, -0.1) is 5.10 Å². The van der Waals surface area contributed by atoms with Gasteiger partial charge < -0.3 is 5.73 Å². The second-order valence-electron chi connectivity index (χ2n) is 3.22. The Morgan fingerprint density at radius 1 is 1.33 bits per heavy atom. The van der Waals surface area contributed by atoms with Crippen molar-refractivity contribution in [2.24, 2.45) is 0 Å². The number of carbonyl (C=O) groups is 1. The highest BCUT2D eigenvalue weighted by Gasteiger charge is 2.09. The topological polar surface area (TPSA) is 73.8 Å². The number of aromatic nitrogens is 3. The molecule has 1 aromatic heterocycles. The van der Waals surface area contributed by atoms with Crippen LogP contribution in [0.3, 0.4) is 0 Å². The Kier molecular flexibility index (Phi) is 2.21. The van der Waals surface area contributed by atoms with Crippen molar-refractivity contribution in [3.05, 3.63) is 41.7 Å². The molecule has 0 radical (unpaired) electrons. The van der Waals surface area contributed by atoms with E-state index in [-0.39, 0.29) is 11.9 Å². The summed E-state index contributed by atoms with van der Waals surface area (Å²) >= 11 is 0. The maximum atomic E-state index is 11.8. The molecule has 0 unspecified atom stereocenters. The van der Waals surface area contributed by atoms with E-state index < -0.39 is 0 Å². The molecule has 5 heteroatoms. The van der Waals surface area contributed by atoms with Crippen LogP contribution in [0, 0.1) is 6.92 Å². The van der Waals surface area contributed by atoms with Gasteiger partial charge in [0.25, 0.3) is 5.91 Å². The number of benzene rings is 1. The van der Waals surface area contributed by atoms with Crippen molar-refractivity contribution >= 4 is 11.9 Å². The zero-order chi connectivity index (χ0) is 10.8. The van der Waals surface area contributed by atoms with E-state index in [4.69, 9.17) is 5.73 Å². The predicted molar refractivity (Wildman–Crippen MR) is 55.3 cm³/mol. The van der Waals surface area contributed by atoms with Crippen molar-refractivity contribution in [3.8, 4) is 0 Å². The lowest BCUT2D eigenvalue weighted by Gasteiger charge is -1.99. The van der Waals surface area contributed by atoms with Crippen molar-refractivity contribution in [1.82, 2.24) is 14.8 Å². The van der Waals surface area contributed by atoms with E-state index in [1.54, 1.807) is 12.1 Å². The molecule has 2 aromatic rings. The number of nitrogen functional groups attached to an aromatic ring is 1. The molecule has 1 heterocycles. The summed E-state index contributed by atoms with van der Waals surface area (Å²) in [5.41, 5.74) is 6.99. The highest BCUT2D eigenvalue weighted by atomic mass is 16.2. The molecule has 2 N–H and O–H groups in total. The monoisotopic (exact) mass is 202 g/mol. The predicted octanol–water partition coefficient (Wildman–Crippen LogP) is 0.857. The lowest BCUT2D eigenvalue weighted by atomic mass is 10.1. The normalized spacial score (nSPS) is 10.2. The van der Waals surface area contributed by atoms with Crippen molar-refractivity contribution in [2.75, 3.05) is 5.73 Å². The number of hydrogen-bond donors (Lipinski definition) is 1. The average Bonchev–Trinajstić information content (AvgIpc) is 2.65. The van der Waals surface area contributed by atoms with Gasteiger partial charge in [-0.2, -0.15) is 4.68 Å². The summed E-state index contributed by atoms with van der Waals surface area (Å²) in [4.78, 5) is 15.5. The second-order valence-corrected chi connectivity index (χ2v) is 3.22. The fraction of sp³-hybridized carbons (Fsp3) is 0.100. The molecule has 0 atom stereocenters. The zero-order valence-electron chi connectivity index (χ0n) is 8.21. The Labute approximate surface area is 86.5 Å². The van der Waals surface area contributed by atoms with Crippen LogP contribution < -0.4 is 5.73 Å². The molecule has 0 aliphatic rings. The van der Waals surface area contributed by atoms with Gasteiger partial charge in [0.2, 0.25) is 5.95 Å². The molecule has 2 rings (SSSR count). The highest BCUT2D eigenvalue weighted by molar-refractivity contribution is 5.95. The molecule has 0 aliphatic carbocycles. The summed E-state index contributed by atoms with van der Waals surface area (Å²) in [6, 6.07) is 7.23. The van der Waals surface area contributed by atoms with Gasteiger partial charge in [-0.25, -0.2) is 4.98 Å². The molecular formula is C10H10N4O. The van der Waals surface area contributed by atoms with Crippen LogP contribution in [0.2, 0.25) is 0 Å². The zero-order valence-corrected chi connectivity index (χ0v) is 8.21. The van der Waals surface area contributed by atoms with Gasteiger partial charge in [0.1, 0.15) is 6.33 Å². The van der Waals surface area contributed by atoms with E-state index >= 15 is 0 Å². The number of aryl methyl sites for hydroxylation is 1. The quantitative estimate of drug-likeness (QED) is 0.744. The number of nitrogens with zero attached hydrogens (tertiary/aromatic N) is 3. The summed E-state index contributed by atoms with van der Waals surface area (Å²) < 4.78 is 1.12. The Balaban J connectivity index is 2.32. The number of nitrogens with two attached hydrogens (primary N) is 1. The van der Waals surface area contributed by atoms with Gasteiger partial charge in [-0.1, -0.05) is 17.7 Å². The standard InChI is InChI=1S/C10H10N4O/c1-7-2-4-8(5-3-7)9(15)14-6-12-10(11)13-14/h2-6H,1H3,(H2,11,13). The van der Waals surface area contributed by atoms with Crippen molar-refractivity contribution in [3.63, 3.8) is 0 Å². The van der Waals surface area contributed by atoms with Gasteiger partial charge >= 0.3 is 0 Å². The minimum atomic E-state index is -0.237. The van der Waals surface area contributed by atoms with Crippen molar-refractivity contribution in [2.45, 2.75) is 6.92 Å². The highest BCUT2D eigenvalue weighted by Crippen LogP contribution is 2.05. The summed E-state index contributed by atoms with van der Waals surface area (Å²) in [6.45, 7) is 1.96. The largest absolute Gasteiger partial charge is 0.366 e. The molecule has 5 nitrogen and oxygen atoms in total. The molecule has 0 spiro atoms. The van der Waals surface area contributed by atoms with Crippen LogP contribution in [-0.4, -0.2) is 20.7 Å². The molecule has 0 fully saturated rings. The van der Waals surface area contributed by atoms with E-state index in [9.17, 15) is 4.79 Å². The van der Waals surface area contributed by atoms with E-state index in [2.05, 4.69) is 10.1 Å². The second kappa shape index (κ2) is 3.53. The number of hydrogen-bond acceptors (Lipinski definition) is 4. The molecule has 15 heavy (non-hydrogen) atoms. The van der Waals surface area contributed by atoms with Crippen LogP contribution in [0.25, 0.3) is 0 Å².